The Kier molecular flexibility index (Phi) is 5.90. The number of nitrogens with zero attached hydrogens (tertiary/aromatic N) is 3. The third-order valence-corrected chi connectivity index (χ3v) is 4.41. The highest BCUT2D eigenvalue weighted by molar-refractivity contribution is 9.10. The summed E-state index contributed by atoms with van der Waals surface area (Å²) in [6, 6.07) is 5.78. The largest absolute Gasteiger partial charge is 0.496 e. The summed E-state index contributed by atoms with van der Waals surface area (Å²) in [4.78, 5) is 0. The number of H-pyrrole nitrogens is 1. The molecule has 2 rings (SSSR count). The fourth-order valence-corrected chi connectivity index (χ4v) is 2.97. The van der Waals surface area contributed by atoms with E-state index < -0.39 is 0 Å². The predicted molar refractivity (Wildman–Crippen MR) is 94.4 cm³/mol. The lowest BCUT2D eigenvalue weighted by Crippen LogP contribution is -2.05. The SMILES string of the molecule is CCC(CC)c1n[nH]c(=S)n1/N=C\c1ccc(OC)c(Br)c1. The van der Waals surface area contributed by atoms with Gasteiger partial charge in [-0.15, -0.1) is 0 Å². The van der Waals surface area contributed by atoms with Crippen molar-refractivity contribution in [2.24, 2.45) is 5.10 Å². The average Bonchev–Trinajstić information content (AvgIpc) is 2.88. The number of halogens is 1. The third kappa shape index (κ3) is 3.64. The summed E-state index contributed by atoms with van der Waals surface area (Å²) in [5.74, 6) is 2.00. The van der Waals surface area contributed by atoms with Crippen LogP contribution in [0.15, 0.2) is 27.8 Å². The number of methoxy groups -OCH3 is 1. The number of ether oxygens (including phenoxy) is 1. The fraction of sp³-hybridized carbons (Fsp3) is 0.400. The molecule has 1 aromatic carbocycles. The Morgan fingerprint density at radius 3 is 2.77 bits per heavy atom. The lowest BCUT2D eigenvalue weighted by atomic mass is 10.0. The van der Waals surface area contributed by atoms with Gasteiger partial charge in [-0.1, -0.05) is 13.8 Å². The van der Waals surface area contributed by atoms with E-state index in [0.717, 1.165) is 34.5 Å². The average molecular weight is 383 g/mol. The second-order valence-electron chi connectivity index (χ2n) is 4.85. The number of rotatable bonds is 6. The molecular formula is C15H19BrN4OS. The van der Waals surface area contributed by atoms with E-state index in [1.54, 1.807) is 18.0 Å². The van der Waals surface area contributed by atoms with Crippen molar-refractivity contribution >= 4 is 34.4 Å². The first-order valence-electron chi connectivity index (χ1n) is 7.15. The number of hydrogen-bond donors (Lipinski definition) is 1. The maximum absolute atomic E-state index is 5.27. The molecule has 1 aromatic heterocycles. The zero-order valence-corrected chi connectivity index (χ0v) is 15.2. The first-order chi connectivity index (χ1) is 10.6. The molecule has 2 aromatic rings. The van der Waals surface area contributed by atoms with Crippen LogP contribution in [0.2, 0.25) is 0 Å². The number of hydrogen-bond acceptors (Lipinski definition) is 4. The normalized spacial score (nSPS) is 11.5. The summed E-state index contributed by atoms with van der Waals surface area (Å²) >= 11 is 8.74. The van der Waals surface area contributed by atoms with E-state index in [0.29, 0.717) is 10.7 Å². The minimum Gasteiger partial charge on any atom is -0.496 e. The molecule has 0 unspecified atom stereocenters. The molecule has 0 bridgehead atoms. The monoisotopic (exact) mass is 382 g/mol. The standard InChI is InChI=1S/C15H19BrN4OS/c1-4-11(5-2)14-18-19-15(22)20(14)17-9-10-6-7-13(21-3)12(16)8-10/h6-9,11H,4-5H2,1-3H3,(H,19,22)/b17-9-. The van der Waals surface area contributed by atoms with Gasteiger partial charge in [-0.2, -0.15) is 14.9 Å². The van der Waals surface area contributed by atoms with Crippen LogP contribution in [0, 0.1) is 4.77 Å². The molecular weight excluding hydrogens is 364 g/mol. The Labute approximate surface area is 143 Å². The van der Waals surface area contributed by atoms with Crippen molar-refractivity contribution in [3.8, 4) is 5.75 Å². The molecule has 0 aliphatic carbocycles. The summed E-state index contributed by atoms with van der Waals surface area (Å²) in [5.41, 5.74) is 0.950. The maximum Gasteiger partial charge on any atom is 0.216 e. The van der Waals surface area contributed by atoms with Crippen LogP contribution in [-0.4, -0.2) is 28.2 Å². The van der Waals surface area contributed by atoms with Crippen molar-refractivity contribution in [1.29, 1.82) is 0 Å². The van der Waals surface area contributed by atoms with Crippen molar-refractivity contribution in [3.05, 3.63) is 38.8 Å². The predicted octanol–water partition coefficient (Wildman–Crippen LogP) is 4.50. The molecule has 0 fully saturated rings. The second kappa shape index (κ2) is 7.69. The second-order valence-corrected chi connectivity index (χ2v) is 6.09. The first kappa shape index (κ1) is 16.9. The number of aromatic amines is 1. The third-order valence-electron chi connectivity index (χ3n) is 3.52. The fourth-order valence-electron chi connectivity index (χ4n) is 2.22. The maximum atomic E-state index is 5.27. The highest BCUT2D eigenvalue weighted by Crippen LogP contribution is 2.25. The van der Waals surface area contributed by atoms with E-state index in [-0.39, 0.29) is 0 Å². The van der Waals surface area contributed by atoms with Crippen molar-refractivity contribution < 1.29 is 4.74 Å². The van der Waals surface area contributed by atoms with Gasteiger partial charge in [0.05, 0.1) is 17.8 Å². The quantitative estimate of drug-likeness (QED) is 0.590. The van der Waals surface area contributed by atoms with Crippen molar-refractivity contribution in [2.45, 2.75) is 32.6 Å². The van der Waals surface area contributed by atoms with Gasteiger partial charge in [0.15, 0.2) is 5.82 Å². The molecule has 0 aliphatic heterocycles. The minimum atomic E-state index is 0.340. The lowest BCUT2D eigenvalue weighted by molar-refractivity contribution is 0.412. The summed E-state index contributed by atoms with van der Waals surface area (Å²) < 4.78 is 8.31. The summed E-state index contributed by atoms with van der Waals surface area (Å²) in [5, 5.41) is 11.6. The van der Waals surface area contributed by atoms with Crippen LogP contribution in [0.3, 0.4) is 0 Å². The summed E-state index contributed by atoms with van der Waals surface area (Å²) in [6.45, 7) is 4.28. The van der Waals surface area contributed by atoms with Crippen LogP contribution in [0.1, 0.15) is 44.0 Å². The van der Waals surface area contributed by atoms with Crippen LogP contribution in [0.4, 0.5) is 0 Å². The topological polar surface area (TPSA) is 55.2 Å². The molecule has 1 heterocycles. The van der Waals surface area contributed by atoms with Gasteiger partial charge in [0.1, 0.15) is 5.75 Å². The van der Waals surface area contributed by atoms with Gasteiger partial charge in [-0.3, -0.25) is 5.10 Å². The van der Waals surface area contributed by atoms with E-state index in [4.69, 9.17) is 17.0 Å². The van der Waals surface area contributed by atoms with Gasteiger partial charge in [-0.25, -0.2) is 0 Å². The molecule has 0 radical (unpaired) electrons. The Morgan fingerprint density at radius 1 is 1.45 bits per heavy atom. The lowest BCUT2D eigenvalue weighted by Gasteiger charge is -2.10. The molecule has 0 saturated carbocycles. The molecule has 7 heteroatoms. The molecule has 0 spiro atoms. The molecule has 0 aliphatic rings. The van der Waals surface area contributed by atoms with Crippen LogP contribution < -0.4 is 4.74 Å². The van der Waals surface area contributed by atoms with Crippen molar-refractivity contribution in [1.82, 2.24) is 14.9 Å². The van der Waals surface area contributed by atoms with E-state index in [1.807, 2.05) is 18.2 Å². The van der Waals surface area contributed by atoms with Crippen LogP contribution >= 0.6 is 28.1 Å². The highest BCUT2D eigenvalue weighted by Gasteiger charge is 2.14. The van der Waals surface area contributed by atoms with E-state index >= 15 is 0 Å². The number of nitrogens with one attached hydrogen (secondary N) is 1. The zero-order chi connectivity index (χ0) is 16.1. The molecule has 118 valence electrons. The summed E-state index contributed by atoms with van der Waals surface area (Å²) in [6.07, 6.45) is 3.76. The minimum absolute atomic E-state index is 0.340. The van der Waals surface area contributed by atoms with Gasteiger partial charge in [0.25, 0.3) is 0 Å². The van der Waals surface area contributed by atoms with Crippen LogP contribution in [0.25, 0.3) is 0 Å². The Balaban J connectivity index is 2.32. The van der Waals surface area contributed by atoms with Crippen LogP contribution in [0.5, 0.6) is 5.75 Å². The molecule has 0 atom stereocenters. The Morgan fingerprint density at radius 2 is 2.18 bits per heavy atom. The Bertz CT molecular complexity index is 719. The molecule has 22 heavy (non-hydrogen) atoms. The van der Waals surface area contributed by atoms with Gasteiger partial charge in [0.2, 0.25) is 4.77 Å². The Hall–Kier alpha value is -1.47. The molecule has 0 saturated heterocycles. The molecule has 5 nitrogen and oxygen atoms in total. The van der Waals surface area contributed by atoms with Gasteiger partial charge >= 0.3 is 0 Å². The first-order valence-corrected chi connectivity index (χ1v) is 8.36. The smallest absolute Gasteiger partial charge is 0.216 e. The van der Waals surface area contributed by atoms with E-state index in [9.17, 15) is 0 Å². The van der Waals surface area contributed by atoms with Gasteiger partial charge in [-0.05, 0) is 64.8 Å². The van der Waals surface area contributed by atoms with E-state index in [2.05, 4.69) is 45.1 Å². The highest BCUT2D eigenvalue weighted by atomic mass is 79.9. The van der Waals surface area contributed by atoms with Crippen molar-refractivity contribution in [2.75, 3.05) is 7.11 Å². The molecule has 1 N–H and O–H groups in total. The summed E-state index contributed by atoms with van der Waals surface area (Å²) in [7, 11) is 1.64. The van der Waals surface area contributed by atoms with Crippen molar-refractivity contribution in [3.63, 3.8) is 0 Å². The number of aromatic nitrogens is 3. The zero-order valence-electron chi connectivity index (χ0n) is 12.8. The van der Waals surface area contributed by atoms with E-state index in [1.165, 1.54) is 0 Å². The molecule has 0 amide bonds. The van der Waals surface area contributed by atoms with Gasteiger partial charge < -0.3 is 4.74 Å². The number of benzene rings is 1. The van der Waals surface area contributed by atoms with Crippen LogP contribution in [-0.2, 0) is 0 Å². The van der Waals surface area contributed by atoms with Gasteiger partial charge in [0, 0.05) is 5.92 Å².